The van der Waals surface area contributed by atoms with Crippen LogP contribution in [0.1, 0.15) is 25.3 Å². The van der Waals surface area contributed by atoms with Gasteiger partial charge in [0.1, 0.15) is 0 Å². The van der Waals surface area contributed by atoms with E-state index in [-0.39, 0.29) is 0 Å². The quantitative estimate of drug-likeness (QED) is 0.485. The van der Waals surface area contributed by atoms with Crippen molar-refractivity contribution in [3.05, 3.63) is 78.4 Å². The van der Waals surface area contributed by atoms with Crippen molar-refractivity contribution in [3.63, 3.8) is 0 Å². The zero-order valence-corrected chi connectivity index (χ0v) is 15.9. The summed E-state index contributed by atoms with van der Waals surface area (Å²) >= 11 is 0. The number of hydrogen-bond acceptors (Lipinski definition) is 2. The highest BCUT2D eigenvalue weighted by molar-refractivity contribution is 6.07. The summed E-state index contributed by atoms with van der Waals surface area (Å²) in [5.74, 6) is 0.528. The zero-order valence-electron chi connectivity index (χ0n) is 15.9. The van der Waals surface area contributed by atoms with Gasteiger partial charge in [0.2, 0.25) is 0 Å². The van der Waals surface area contributed by atoms with Crippen molar-refractivity contribution < 1.29 is 5.11 Å². The molecule has 27 heavy (non-hydrogen) atoms. The summed E-state index contributed by atoms with van der Waals surface area (Å²) in [5, 5.41) is 16.5. The van der Waals surface area contributed by atoms with E-state index in [1.54, 1.807) is 0 Å². The Morgan fingerprint density at radius 3 is 1.93 bits per heavy atom. The van der Waals surface area contributed by atoms with Crippen LogP contribution in [0.2, 0.25) is 0 Å². The lowest BCUT2D eigenvalue weighted by atomic mass is 10.0. The van der Waals surface area contributed by atoms with Crippen molar-refractivity contribution >= 4 is 27.5 Å². The van der Waals surface area contributed by atoms with E-state index in [1.807, 2.05) is 0 Å². The summed E-state index contributed by atoms with van der Waals surface area (Å²) in [5.41, 5.74) is 4.70. The fourth-order valence-electron chi connectivity index (χ4n) is 3.70. The summed E-state index contributed by atoms with van der Waals surface area (Å²) in [6, 6.07) is 25.3. The van der Waals surface area contributed by atoms with Gasteiger partial charge in [0, 0.05) is 34.0 Å². The first-order chi connectivity index (χ1) is 13.1. The number of nitrogens with one attached hydrogen (secondary N) is 1. The van der Waals surface area contributed by atoms with Gasteiger partial charge in [-0.1, -0.05) is 62.4 Å². The van der Waals surface area contributed by atoms with Gasteiger partial charge in [0.25, 0.3) is 0 Å². The lowest BCUT2D eigenvalue weighted by Gasteiger charge is -2.16. The molecule has 0 spiro atoms. The van der Waals surface area contributed by atoms with E-state index in [1.165, 1.54) is 27.4 Å². The largest absolute Gasteiger partial charge is 0.389 e. The van der Waals surface area contributed by atoms with Gasteiger partial charge < -0.3 is 15.0 Å². The topological polar surface area (TPSA) is 37.2 Å². The summed E-state index contributed by atoms with van der Waals surface area (Å²) in [4.78, 5) is 0. The molecule has 0 aliphatic heterocycles. The first-order valence-corrected chi connectivity index (χ1v) is 9.61. The molecule has 0 aliphatic rings. The Morgan fingerprint density at radius 2 is 1.37 bits per heavy atom. The maximum Gasteiger partial charge on any atom is 0.0891 e. The summed E-state index contributed by atoms with van der Waals surface area (Å²) in [7, 11) is 0. The molecular weight excluding hydrogens is 332 g/mol. The molecule has 3 nitrogen and oxygen atoms in total. The van der Waals surface area contributed by atoms with Gasteiger partial charge in [-0.15, -0.1) is 0 Å². The highest BCUT2D eigenvalue weighted by Gasteiger charge is 2.13. The lowest BCUT2D eigenvalue weighted by Crippen LogP contribution is -2.24. The molecule has 0 amide bonds. The first-order valence-electron chi connectivity index (χ1n) is 9.61. The number of hydrogen-bond donors (Lipinski definition) is 2. The van der Waals surface area contributed by atoms with Gasteiger partial charge in [0.05, 0.1) is 12.6 Å². The number of aliphatic hydroxyl groups excluding tert-OH is 1. The first kappa shape index (κ1) is 17.6. The van der Waals surface area contributed by atoms with Crippen molar-refractivity contribution in [2.75, 3.05) is 11.9 Å². The number of aromatic nitrogens is 1. The second kappa shape index (κ2) is 7.45. The molecule has 138 valence electrons. The van der Waals surface area contributed by atoms with Crippen LogP contribution in [0.3, 0.4) is 0 Å². The molecular formula is C24H26N2O. The third kappa shape index (κ3) is 3.56. The molecule has 0 fully saturated rings. The SMILES string of the molecule is CC(C)c1ccc(NC[C@H](O)Cn2c3ccccc3c3ccccc32)cc1. The Labute approximate surface area is 160 Å². The summed E-state index contributed by atoms with van der Waals surface area (Å²) in [6.45, 7) is 5.46. The van der Waals surface area contributed by atoms with Crippen LogP contribution in [0.4, 0.5) is 5.69 Å². The normalized spacial score (nSPS) is 12.7. The van der Waals surface area contributed by atoms with Crippen molar-refractivity contribution in [1.82, 2.24) is 4.57 Å². The summed E-state index contributed by atoms with van der Waals surface area (Å²) < 4.78 is 2.22. The van der Waals surface area contributed by atoms with E-state index < -0.39 is 6.10 Å². The Bertz CT molecular complexity index is 994. The molecule has 0 aliphatic carbocycles. The van der Waals surface area contributed by atoms with E-state index in [0.717, 1.165) is 5.69 Å². The number of rotatable bonds is 6. The molecule has 1 atom stereocenters. The molecule has 2 N–H and O–H groups in total. The van der Waals surface area contributed by atoms with E-state index in [4.69, 9.17) is 0 Å². The zero-order chi connectivity index (χ0) is 18.8. The van der Waals surface area contributed by atoms with Crippen molar-refractivity contribution in [2.24, 2.45) is 0 Å². The fourth-order valence-corrected chi connectivity index (χ4v) is 3.70. The molecule has 0 saturated carbocycles. The third-order valence-electron chi connectivity index (χ3n) is 5.19. The lowest BCUT2D eigenvalue weighted by molar-refractivity contribution is 0.169. The van der Waals surface area contributed by atoms with E-state index >= 15 is 0 Å². The highest BCUT2D eigenvalue weighted by Crippen LogP contribution is 2.28. The average molecular weight is 358 g/mol. The predicted octanol–water partition coefficient (Wildman–Crippen LogP) is 5.39. The molecule has 1 aromatic heterocycles. The molecule has 1 heterocycles. The van der Waals surface area contributed by atoms with Gasteiger partial charge in [-0.05, 0) is 35.7 Å². The minimum atomic E-state index is -0.478. The van der Waals surface area contributed by atoms with Crippen molar-refractivity contribution in [2.45, 2.75) is 32.4 Å². The molecule has 4 aromatic rings. The highest BCUT2D eigenvalue weighted by atomic mass is 16.3. The van der Waals surface area contributed by atoms with Gasteiger partial charge in [0.15, 0.2) is 0 Å². The Balaban J connectivity index is 1.51. The number of fused-ring (bicyclic) bond motifs is 3. The smallest absolute Gasteiger partial charge is 0.0891 e. The molecule has 3 heteroatoms. The molecule has 0 unspecified atom stereocenters. The third-order valence-corrected chi connectivity index (χ3v) is 5.19. The standard InChI is InChI=1S/C24H26N2O/c1-17(2)18-11-13-19(14-12-18)25-15-20(27)16-26-23-9-5-3-7-21(23)22-8-4-6-10-24(22)26/h3-14,17,20,25,27H,15-16H2,1-2H3/t20-/m0/s1. The average Bonchev–Trinajstić information content (AvgIpc) is 3.01. The number of nitrogens with zero attached hydrogens (tertiary/aromatic N) is 1. The van der Waals surface area contributed by atoms with Crippen LogP contribution in [0.25, 0.3) is 21.8 Å². The minimum absolute atomic E-state index is 0.478. The van der Waals surface area contributed by atoms with Crippen molar-refractivity contribution in [1.29, 1.82) is 0 Å². The van der Waals surface area contributed by atoms with Crippen molar-refractivity contribution in [3.8, 4) is 0 Å². The van der Waals surface area contributed by atoms with E-state index in [2.05, 4.69) is 96.5 Å². The molecule has 0 radical (unpaired) electrons. The monoisotopic (exact) mass is 358 g/mol. The van der Waals surface area contributed by atoms with Crippen LogP contribution in [0.5, 0.6) is 0 Å². The second-order valence-electron chi connectivity index (χ2n) is 7.46. The van der Waals surface area contributed by atoms with Gasteiger partial charge in [-0.3, -0.25) is 0 Å². The predicted molar refractivity (Wildman–Crippen MR) is 114 cm³/mol. The summed E-state index contributed by atoms with van der Waals surface area (Å²) in [6.07, 6.45) is -0.478. The van der Waals surface area contributed by atoms with E-state index in [9.17, 15) is 5.11 Å². The molecule has 0 bridgehead atoms. The van der Waals surface area contributed by atoms with Gasteiger partial charge in [-0.25, -0.2) is 0 Å². The maximum atomic E-state index is 10.7. The molecule has 4 rings (SSSR count). The Hall–Kier alpha value is -2.78. The van der Waals surface area contributed by atoms with Crippen LogP contribution in [-0.2, 0) is 6.54 Å². The van der Waals surface area contributed by atoms with Gasteiger partial charge >= 0.3 is 0 Å². The number of anilines is 1. The van der Waals surface area contributed by atoms with Crippen LogP contribution in [0, 0.1) is 0 Å². The Morgan fingerprint density at radius 1 is 0.815 bits per heavy atom. The number of para-hydroxylation sites is 2. The maximum absolute atomic E-state index is 10.7. The molecule has 0 saturated heterocycles. The Kier molecular flexibility index (Phi) is 4.87. The van der Waals surface area contributed by atoms with Crippen LogP contribution >= 0.6 is 0 Å². The van der Waals surface area contributed by atoms with Crippen LogP contribution < -0.4 is 5.32 Å². The second-order valence-corrected chi connectivity index (χ2v) is 7.46. The molecule has 3 aromatic carbocycles. The number of aliphatic hydroxyl groups is 1. The minimum Gasteiger partial charge on any atom is -0.389 e. The van der Waals surface area contributed by atoms with Crippen LogP contribution in [-0.4, -0.2) is 22.3 Å². The van der Waals surface area contributed by atoms with Gasteiger partial charge in [-0.2, -0.15) is 0 Å². The van der Waals surface area contributed by atoms with Crippen LogP contribution in [0.15, 0.2) is 72.8 Å². The fraction of sp³-hybridized carbons (Fsp3) is 0.250. The number of benzene rings is 3. The van der Waals surface area contributed by atoms with E-state index in [0.29, 0.717) is 19.0 Å².